The van der Waals surface area contributed by atoms with Crippen LogP contribution in [0.4, 0.5) is 0 Å². The molecule has 5 atom stereocenters. The van der Waals surface area contributed by atoms with Gasteiger partial charge in [0.25, 0.3) is 0 Å². The third kappa shape index (κ3) is 1.71. The highest BCUT2D eigenvalue weighted by molar-refractivity contribution is 6.21. The number of halogens is 1. The maximum Gasteiger partial charge on any atom is 0.174 e. The van der Waals surface area contributed by atoms with Gasteiger partial charge in [0.15, 0.2) is 6.29 Å². The van der Waals surface area contributed by atoms with Crippen LogP contribution in [0.25, 0.3) is 0 Å². The summed E-state index contributed by atoms with van der Waals surface area (Å²) in [5.41, 5.74) is 0. The Kier molecular flexibility index (Phi) is 3.28. The molecule has 4 unspecified atom stereocenters. The van der Waals surface area contributed by atoms with E-state index in [1.807, 2.05) is 0 Å². The standard InChI is InChI=1S/C6H11ClO5/c7-3-5(10)4(9)2(1-8)12-6(3)11/h2-6,8-11H,1H2/t2?,3?,4?,5?,6-/m0/s1. The first-order valence-corrected chi connectivity index (χ1v) is 3.96. The van der Waals surface area contributed by atoms with Crippen molar-refractivity contribution in [2.24, 2.45) is 0 Å². The second-order valence-electron chi connectivity index (χ2n) is 2.67. The van der Waals surface area contributed by atoms with Crippen molar-refractivity contribution in [3.8, 4) is 0 Å². The normalized spacial score (nSPS) is 49.2. The van der Waals surface area contributed by atoms with E-state index >= 15 is 0 Å². The summed E-state index contributed by atoms with van der Waals surface area (Å²) in [4.78, 5) is 0. The molecule has 12 heavy (non-hydrogen) atoms. The van der Waals surface area contributed by atoms with Crippen LogP contribution in [0.2, 0.25) is 0 Å². The van der Waals surface area contributed by atoms with Gasteiger partial charge in [-0.1, -0.05) is 0 Å². The molecular weight excluding hydrogens is 188 g/mol. The topological polar surface area (TPSA) is 90.2 Å². The summed E-state index contributed by atoms with van der Waals surface area (Å²) in [6, 6.07) is 0. The molecule has 1 rings (SSSR count). The van der Waals surface area contributed by atoms with Crippen molar-refractivity contribution < 1.29 is 25.2 Å². The van der Waals surface area contributed by atoms with Crippen molar-refractivity contribution >= 4 is 11.6 Å². The Bertz CT molecular complexity index is 150. The van der Waals surface area contributed by atoms with E-state index in [4.69, 9.17) is 26.6 Å². The molecule has 0 radical (unpaired) electrons. The number of rotatable bonds is 1. The average Bonchev–Trinajstić information content (AvgIpc) is 2.08. The summed E-state index contributed by atoms with van der Waals surface area (Å²) in [5.74, 6) is 0. The zero-order chi connectivity index (χ0) is 9.30. The molecule has 0 spiro atoms. The maximum absolute atomic E-state index is 9.20. The van der Waals surface area contributed by atoms with Crippen LogP contribution >= 0.6 is 11.6 Å². The fourth-order valence-corrected chi connectivity index (χ4v) is 1.27. The van der Waals surface area contributed by atoms with E-state index in [0.717, 1.165) is 0 Å². The smallest absolute Gasteiger partial charge is 0.174 e. The molecule has 1 saturated heterocycles. The zero-order valence-corrected chi connectivity index (χ0v) is 6.92. The van der Waals surface area contributed by atoms with Gasteiger partial charge >= 0.3 is 0 Å². The summed E-state index contributed by atoms with van der Waals surface area (Å²) >= 11 is 5.47. The molecule has 0 bridgehead atoms. The minimum Gasteiger partial charge on any atom is -0.394 e. The van der Waals surface area contributed by atoms with Crippen LogP contribution in [0, 0.1) is 0 Å². The van der Waals surface area contributed by atoms with Gasteiger partial charge in [-0.15, -0.1) is 11.6 Å². The van der Waals surface area contributed by atoms with Crippen LogP contribution in [0.1, 0.15) is 0 Å². The van der Waals surface area contributed by atoms with E-state index in [1.165, 1.54) is 0 Å². The first-order chi connectivity index (χ1) is 5.57. The van der Waals surface area contributed by atoms with E-state index < -0.39 is 36.6 Å². The Morgan fingerprint density at radius 1 is 1.17 bits per heavy atom. The number of hydrogen-bond acceptors (Lipinski definition) is 5. The Labute approximate surface area is 74.2 Å². The van der Waals surface area contributed by atoms with Crippen molar-refractivity contribution in [2.75, 3.05) is 6.61 Å². The first-order valence-electron chi connectivity index (χ1n) is 3.52. The van der Waals surface area contributed by atoms with Crippen molar-refractivity contribution in [1.82, 2.24) is 0 Å². The summed E-state index contributed by atoms with van der Waals surface area (Å²) in [7, 11) is 0. The first kappa shape index (κ1) is 10.2. The van der Waals surface area contributed by atoms with Crippen LogP contribution in [-0.2, 0) is 4.74 Å². The second kappa shape index (κ2) is 3.87. The van der Waals surface area contributed by atoms with E-state index in [0.29, 0.717) is 0 Å². The molecular formula is C6H11ClO5. The van der Waals surface area contributed by atoms with Gasteiger partial charge in [0, 0.05) is 0 Å². The van der Waals surface area contributed by atoms with Gasteiger partial charge in [-0.2, -0.15) is 0 Å². The van der Waals surface area contributed by atoms with Crippen LogP contribution in [-0.4, -0.2) is 57.0 Å². The largest absolute Gasteiger partial charge is 0.394 e. The molecule has 0 aromatic rings. The lowest BCUT2D eigenvalue weighted by Gasteiger charge is -2.37. The molecule has 6 heteroatoms. The Morgan fingerprint density at radius 2 is 1.75 bits per heavy atom. The predicted octanol–water partition coefficient (Wildman–Crippen LogP) is -1.97. The molecule has 0 aromatic heterocycles. The summed E-state index contributed by atoms with van der Waals surface area (Å²) in [6.45, 7) is -0.473. The van der Waals surface area contributed by atoms with E-state index in [2.05, 4.69) is 0 Å². The zero-order valence-electron chi connectivity index (χ0n) is 6.17. The maximum atomic E-state index is 9.20. The van der Waals surface area contributed by atoms with Gasteiger partial charge in [-0.25, -0.2) is 0 Å². The summed E-state index contributed by atoms with van der Waals surface area (Å²) in [6.07, 6.45) is -4.89. The molecule has 72 valence electrons. The highest BCUT2D eigenvalue weighted by Gasteiger charge is 2.42. The van der Waals surface area contributed by atoms with Gasteiger partial charge < -0.3 is 25.2 Å². The fourth-order valence-electron chi connectivity index (χ4n) is 1.06. The monoisotopic (exact) mass is 198 g/mol. The van der Waals surface area contributed by atoms with Gasteiger partial charge in [0.1, 0.15) is 23.7 Å². The van der Waals surface area contributed by atoms with E-state index in [1.54, 1.807) is 0 Å². The molecule has 5 nitrogen and oxygen atoms in total. The lowest BCUT2D eigenvalue weighted by molar-refractivity contribution is -0.236. The SMILES string of the molecule is OCC1O[C@H](O)C(Cl)C(O)C1O. The van der Waals surface area contributed by atoms with E-state index in [-0.39, 0.29) is 0 Å². The van der Waals surface area contributed by atoms with Crippen molar-refractivity contribution in [1.29, 1.82) is 0 Å². The Balaban J connectivity index is 2.63. The average molecular weight is 199 g/mol. The Hall–Kier alpha value is 0.0900. The van der Waals surface area contributed by atoms with Crippen molar-refractivity contribution in [2.45, 2.75) is 30.0 Å². The highest BCUT2D eigenvalue weighted by atomic mass is 35.5. The third-order valence-electron chi connectivity index (χ3n) is 1.82. The molecule has 1 fully saturated rings. The number of ether oxygens (including phenoxy) is 1. The van der Waals surface area contributed by atoms with Crippen LogP contribution < -0.4 is 0 Å². The van der Waals surface area contributed by atoms with Crippen LogP contribution in [0.15, 0.2) is 0 Å². The highest BCUT2D eigenvalue weighted by Crippen LogP contribution is 2.23. The number of hydrogen-bond donors (Lipinski definition) is 4. The Morgan fingerprint density at radius 3 is 2.25 bits per heavy atom. The quantitative estimate of drug-likeness (QED) is 0.367. The summed E-state index contributed by atoms with van der Waals surface area (Å²) < 4.78 is 4.69. The lowest BCUT2D eigenvalue weighted by Crippen LogP contribution is -2.56. The van der Waals surface area contributed by atoms with Gasteiger partial charge in [-0.3, -0.25) is 0 Å². The van der Waals surface area contributed by atoms with Crippen LogP contribution in [0.3, 0.4) is 0 Å². The van der Waals surface area contributed by atoms with Gasteiger partial charge in [0.2, 0.25) is 0 Å². The summed E-state index contributed by atoms with van der Waals surface area (Å²) in [5, 5.41) is 35.0. The molecule has 1 aliphatic heterocycles. The lowest BCUT2D eigenvalue weighted by atomic mass is 10.0. The molecule has 0 amide bonds. The van der Waals surface area contributed by atoms with E-state index in [9.17, 15) is 10.2 Å². The minimum absolute atomic E-state index is 0.473. The van der Waals surface area contributed by atoms with Crippen LogP contribution in [0.5, 0.6) is 0 Å². The number of aliphatic hydroxyl groups is 4. The predicted molar refractivity (Wildman–Crippen MR) is 39.6 cm³/mol. The number of aliphatic hydroxyl groups excluding tert-OH is 4. The fraction of sp³-hybridized carbons (Fsp3) is 1.00. The molecule has 4 N–H and O–H groups in total. The van der Waals surface area contributed by atoms with Gasteiger partial charge in [-0.05, 0) is 0 Å². The molecule has 1 aliphatic rings. The third-order valence-corrected chi connectivity index (χ3v) is 2.30. The molecule has 0 aliphatic carbocycles. The van der Waals surface area contributed by atoms with Crippen molar-refractivity contribution in [3.63, 3.8) is 0 Å². The molecule has 0 aromatic carbocycles. The number of alkyl halides is 1. The second-order valence-corrected chi connectivity index (χ2v) is 3.18. The molecule has 0 saturated carbocycles. The van der Waals surface area contributed by atoms with Gasteiger partial charge in [0.05, 0.1) is 6.61 Å². The minimum atomic E-state index is -1.36. The molecule has 1 heterocycles. The van der Waals surface area contributed by atoms with Crippen molar-refractivity contribution in [3.05, 3.63) is 0 Å².